The minimum Gasteiger partial charge on any atom is -0.478 e. The van der Waals surface area contributed by atoms with Crippen LogP contribution in [0.15, 0.2) is 30.5 Å². The Morgan fingerprint density at radius 1 is 1.35 bits per heavy atom. The van der Waals surface area contributed by atoms with Crippen LogP contribution in [0.2, 0.25) is 0 Å². The summed E-state index contributed by atoms with van der Waals surface area (Å²) in [7, 11) is -3.56. The van der Waals surface area contributed by atoms with Gasteiger partial charge in [-0.05, 0) is 24.6 Å². The highest BCUT2D eigenvalue weighted by atomic mass is 32.2. The van der Waals surface area contributed by atoms with Crippen LogP contribution in [0.3, 0.4) is 0 Å². The van der Waals surface area contributed by atoms with E-state index in [4.69, 9.17) is 5.11 Å². The second-order valence-electron chi connectivity index (χ2n) is 4.14. The lowest BCUT2D eigenvalue weighted by Crippen LogP contribution is -2.15. The van der Waals surface area contributed by atoms with Gasteiger partial charge in [-0.15, -0.1) is 11.3 Å². The molecule has 1 aromatic carbocycles. The Bertz CT molecular complexity index is 720. The molecule has 0 amide bonds. The maximum absolute atomic E-state index is 11.9. The summed E-state index contributed by atoms with van der Waals surface area (Å²) in [5.41, 5.74) is 0.630. The van der Waals surface area contributed by atoms with E-state index < -0.39 is 16.0 Å². The first-order valence-electron chi connectivity index (χ1n) is 5.61. The number of aromatic nitrogens is 1. The van der Waals surface area contributed by atoms with Crippen LogP contribution in [0.1, 0.15) is 20.8 Å². The Labute approximate surface area is 120 Å². The van der Waals surface area contributed by atoms with Crippen LogP contribution in [0.25, 0.3) is 0 Å². The average Bonchev–Trinajstić information content (AvgIpc) is 2.73. The largest absolute Gasteiger partial charge is 0.478 e. The van der Waals surface area contributed by atoms with Gasteiger partial charge in [0.05, 0.1) is 11.3 Å². The Morgan fingerprint density at radius 2 is 2.00 bits per heavy atom. The number of hydrogen-bond donors (Lipinski definition) is 2. The summed E-state index contributed by atoms with van der Waals surface area (Å²) in [5.74, 6) is -1.28. The molecule has 0 bridgehead atoms. The van der Waals surface area contributed by atoms with E-state index in [9.17, 15) is 13.2 Å². The van der Waals surface area contributed by atoms with Crippen molar-refractivity contribution in [1.29, 1.82) is 0 Å². The van der Waals surface area contributed by atoms with Crippen LogP contribution in [-0.2, 0) is 15.8 Å². The fraction of sp³-hybridized carbons (Fsp3) is 0.167. The molecule has 106 valence electrons. The minimum absolute atomic E-state index is 0.120. The van der Waals surface area contributed by atoms with Gasteiger partial charge in [-0.25, -0.2) is 18.2 Å². The van der Waals surface area contributed by atoms with Crippen LogP contribution in [-0.4, -0.2) is 24.5 Å². The lowest BCUT2D eigenvalue weighted by Gasteiger charge is -2.05. The van der Waals surface area contributed by atoms with Crippen molar-refractivity contribution in [2.45, 2.75) is 12.7 Å². The van der Waals surface area contributed by atoms with E-state index in [1.165, 1.54) is 35.6 Å². The first-order valence-corrected chi connectivity index (χ1v) is 8.08. The van der Waals surface area contributed by atoms with Gasteiger partial charge in [-0.2, -0.15) is 0 Å². The third kappa shape index (κ3) is 3.78. The Morgan fingerprint density at radius 3 is 2.50 bits per heavy atom. The number of carbonyl (C=O) groups is 1. The average molecular weight is 312 g/mol. The number of thiazole rings is 1. The molecule has 0 fully saturated rings. The van der Waals surface area contributed by atoms with Gasteiger partial charge in [-0.3, -0.25) is 4.72 Å². The summed E-state index contributed by atoms with van der Waals surface area (Å²) >= 11 is 1.25. The van der Waals surface area contributed by atoms with Crippen LogP contribution >= 0.6 is 11.3 Å². The first kappa shape index (κ1) is 14.5. The number of aryl methyl sites for hydroxylation is 1. The van der Waals surface area contributed by atoms with Gasteiger partial charge in [0, 0.05) is 11.1 Å². The molecular formula is C12H12N2O4S2. The molecule has 0 atom stereocenters. The van der Waals surface area contributed by atoms with Crippen LogP contribution in [0.5, 0.6) is 0 Å². The molecule has 8 heteroatoms. The number of carboxylic acid groups (broad SMARTS) is 1. The zero-order chi connectivity index (χ0) is 14.8. The number of rotatable bonds is 5. The van der Waals surface area contributed by atoms with Crippen LogP contribution in [0.4, 0.5) is 5.13 Å². The van der Waals surface area contributed by atoms with Crippen molar-refractivity contribution >= 4 is 32.5 Å². The molecule has 0 aliphatic rings. The van der Waals surface area contributed by atoms with Crippen molar-refractivity contribution in [1.82, 2.24) is 4.98 Å². The second kappa shape index (κ2) is 5.59. The minimum atomic E-state index is -3.56. The number of nitrogens with zero attached hydrogens (tertiary/aromatic N) is 1. The predicted octanol–water partition coefficient (Wildman–Crippen LogP) is 2.09. The summed E-state index contributed by atoms with van der Waals surface area (Å²) < 4.78 is 26.3. The first-order chi connectivity index (χ1) is 9.35. The number of anilines is 1. The number of nitrogens with one attached hydrogen (secondary N) is 1. The molecule has 0 saturated carbocycles. The summed E-state index contributed by atoms with van der Waals surface area (Å²) in [5, 5.41) is 9.09. The van der Waals surface area contributed by atoms with Gasteiger partial charge in [-0.1, -0.05) is 12.1 Å². The maximum Gasteiger partial charge on any atom is 0.335 e. The third-order valence-corrected chi connectivity index (χ3v) is 4.60. The predicted molar refractivity (Wildman–Crippen MR) is 76.5 cm³/mol. The standard InChI is InChI=1S/C12H12N2O4S2/c1-8-6-13-12(19-8)14-20(17,18)7-9-2-4-10(5-3-9)11(15)16/h2-6H,7H2,1H3,(H,13,14)(H,15,16). The topological polar surface area (TPSA) is 96.4 Å². The Hall–Kier alpha value is -1.93. The number of carboxylic acids is 1. The number of sulfonamides is 1. The Balaban J connectivity index is 2.09. The number of hydrogen-bond acceptors (Lipinski definition) is 5. The van der Waals surface area contributed by atoms with Crippen molar-refractivity contribution in [2.24, 2.45) is 0 Å². The van der Waals surface area contributed by atoms with Gasteiger partial charge in [0.1, 0.15) is 0 Å². The summed E-state index contributed by atoms with van der Waals surface area (Å²) in [6.45, 7) is 1.83. The van der Waals surface area contributed by atoms with E-state index in [2.05, 4.69) is 9.71 Å². The molecule has 1 aromatic heterocycles. The van der Waals surface area contributed by atoms with Crippen molar-refractivity contribution < 1.29 is 18.3 Å². The van der Waals surface area contributed by atoms with Crippen molar-refractivity contribution in [3.8, 4) is 0 Å². The fourth-order valence-corrected chi connectivity index (χ4v) is 3.62. The highest BCUT2D eigenvalue weighted by Gasteiger charge is 2.14. The lowest BCUT2D eigenvalue weighted by atomic mass is 10.1. The van der Waals surface area contributed by atoms with Gasteiger partial charge >= 0.3 is 5.97 Å². The second-order valence-corrected chi connectivity index (χ2v) is 7.10. The van der Waals surface area contributed by atoms with Gasteiger partial charge in [0.2, 0.25) is 10.0 Å². The molecule has 0 radical (unpaired) electrons. The molecule has 0 unspecified atom stereocenters. The quantitative estimate of drug-likeness (QED) is 0.881. The van der Waals surface area contributed by atoms with Crippen molar-refractivity contribution in [3.05, 3.63) is 46.5 Å². The summed E-state index contributed by atoms with van der Waals surface area (Å²) in [6.07, 6.45) is 1.59. The molecule has 1 heterocycles. The molecule has 20 heavy (non-hydrogen) atoms. The summed E-state index contributed by atoms with van der Waals surface area (Å²) in [4.78, 5) is 15.5. The van der Waals surface area contributed by atoms with E-state index in [0.717, 1.165) is 4.88 Å². The van der Waals surface area contributed by atoms with E-state index in [1.807, 2.05) is 6.92 Å². The smallest absolute Gasteiger partial charge is 0.335 e. The van der Waals surface area contributed by atoms with E-state index in [1.54, 1.807) is 6.20 Å². The van der Waals surface area contributed by atoms with Crippen LogP contribution < -0.4 is 4.72 Å². The molecule has 6 nitrogen and oxygen atoms in total. The highest BCUT2D eigenvalue weighted by Crippen LogP contribution is 2.19. The van der Waals surface area contributed by atoms with E-state index in [0.29, 0.717) is 10.7 Å². The van der Waals surface area contributed by atoms with E-state index in [-0.39, 0.29) is 11.3 Å². The fourth-order valence-electron chi connectivity index (χ4n) is 1.53. The van der Waals surface area contributed by atoms with Crippen molar-refractivity contribution in [3.63, 3.8) is 0 Å². The van der Waals surface area contributed by atoms with Crippen molar-refractivity contribution in [2.75, 3.05) is 4.72 Å². The van der Waals surface area contributed by atoms with E-state index >= 15 is 0 Å². The van der Waals surface area contributed by atoms with Gasteiger partial charge in [0.25, 0.3) is 0 Å². The highest BCUT2D eigenvalue weighted by molar-refractivity contribution is 7.92. The van der Waals surface area contributed by atoms with Gasteiger partial charge < -0.3 is 5.11 Å². The normalized spacial score (nSPS) is 11.2. The number of aromatic carboxylic acids is 1. The number of benzene rings is 1. The lowest BCUT2D eigenvalue weighted by molar-refractivity contribution is 0.0697. The summed E-state index contributed by atoms with van der Waals surface area (Å²) in [6, 6.07) is 5.72. The Kier molecular flexibility index (Phi) is 4.05. The zero-order valence-corrected chi connectivity index (χ0v) is 12.2. The SMILES string of the molecule is Cc1cnc(NS(=O)(=O)Cc2ccc(C(=O)O)cc2)s1. The monoisotopic (exact) mass is 312 g/mol. The molecule has 2 aromatic rings. The molecule has 2 N–H and O–H groups in total. The molecule has 0 saturated heterocycles. The molecule has 0 spiro atoms. The third-order valence-electron chi connectivity index (χ3n) is 2.42. The molecular weight excluding hydrogens is 300 g/mol. The molecule has 2 rings (SSSR count). The zero-order valence-electron chi connectivity index (χ0n) is 10.5. The van der Waals surface area contributed by atoms with Crippen LogP contribution in [0, 0.1) is 6.92 Å². The maximum atomic E-state index is 11.9. The molecule has 0 aliphatic carbocycles. The molecule has 0 aliphatic heterocycles. The van der Waals surface area contributed by atoms with Gasteiger partial charge in [0.15, 0.2) is 5.13 Å².